The minimum atomic E-state index is -4.60. The first-order chi connectivity index (χ1) is 21.7. The summed E-state index contributed by atoms with van der Waals surface area (Å²) < 4.78 is 48.4. The molecule has 45 heavy (non-hydrogen) atoms. The molecule has 10 nitrogen and oxygen atoms in total. The van der Waals surface area contributed by atoms with E-state index in [9.17, 15) is 18.0 Å². The SMILES string of the molecule is CCN1CCN(Cc2ncc(NC(=O)N3CCc4ncc(Oc5ccnc6[nH]c(C7CC7)cc56)cc4C3)cc2C(F)(F)F)CC1. The third kappa shape index (κ3) is 6.45. The van der Waals surface area contributed by atoms with Crippen LogP contribution in [0.1, 0.15) is 53.9 Å². The highest BCUT2D eigenvalue weighted by molar-refractivity contribution is 5.89. The number of likely N-dealkylation sites (N-methyl/N-ethyl adjacent to an activating group) is 1. The van der Waals surface area contributed by atoms with Gasteiger partial charge < -0.3 is 24.8 Å². The molecule has 0 unspecified atom stereocenters. The van der Waals surface area contributed by atoms with Crippen molar-refractivity contribution < 1.29 is 22.7 Å². The van der Waals surface area contributed by atoms with Crippen LogP contribution in [0.2, 0.25) is 0 Å². The quantitative estimate of drug-likeness (QED) is 0.271. The van der Waals surface area contributed by atoms with Gasteiger partial charge in [0, 0.05) is 69.8 Å². The molecular weight excluding hydrogens is 585 g/mol. The van der Waals surface area contributed by atoms with Crippen molar-refractivity contribution in [3.8, 4) is 11.5 Å². The Morgan fingerprint density at radius 1 is 1.04 bits per heavy atom. The highest BCUT2D eigenvalue weighted by atomic mass is 19.4. The van der Waals surface area contributed by atoms with Crippen molar-refractivity contribution in [2.75, 3.05) is 44.6 Å². The molecule has 236 valence electrons. The highest BCUT2D eigenvalue weighted by Crippen LogP contribution is 2.42. The normalized spacial score (nSPS) is 17.8. The molecule has 1 saturated carbocycles. The first kappa shape index (κ1) is 29.5. The van der Waals surface area contributed by atoms with Gasteiger partial charge in [-0.05, 0) is 55.1 Å². The van der Waals surface area contributed by atoms with E-state index in [4.69, 9.17) is 4.74 Å². The van der Waals surface area contributed by atoms with Gasteiger partial charge in [-0.25, -0.2) is 9.78 Å². The van der Waals surface area contributed by atoms with Crippen molar-refractivity contribution in [1.29, 1.82) is 0 Å². The van der Waals surface area contributed by atoms with Gasteiger partial charge in [0.2, 0.25) is 0 Å². The predicted octanol–water partition coefficient (Wildman–Crippen LogP) is 5.77. The number of pyridine rings is 3. The topological polar surface area (TPSA) is 103 Å². The number of alkyl halides is 3. The molecule has 1 aliphatic carbocycles. The monoisotopic (exact) mass is 620 g/mol. The van der Waals surface area contributed by atoms with E-state index in [-0.39, 0.29) is 24.5 Å². The van der Waals surface area contributed by atoms with Gasteiger partial charge in [0.15, 0.2) is 0 Å². The fourth-order valence-corrected chi connectivity index (χ4v) is 6.10. The van der Waals surface area contributed by atoms with E-state index < -0.39 is 17.8 Å². The zero-order valence-corrected chi connectivity index (χ0v) is 25.0. The number of nitrogens with zero attached hydrogens (tertiary/aromatic N) is 6. The van der Waals surface area contributed by atoms with Crippen LogP contribution >= 0.6 is 0 Å². The summed E-state index contributed by atoms with van der Waals surface area (Å²) in [5.74, 6) is 1.74. The lowest BCUT2D eigenvalue weighted by molar-refractivity contribution is -0.138. The third-order valence-corrected chi connectivity index (χ3v) is 8.87. The molecule has 1 saturated heterocycles. The molecule has 4 aromatic heterocycles. The molecule has 0 bridgehead atoms. The van der Waals surface area contributed by atoms with E-state index >= 15 is 0 Å². The van der Waals surface area contributed by atoms with Crippen molar-refractivity contribution in [2.24, 2.45) is 0 Å². The Balaban J connectivity index is 1.03. The molecule has 2 amide bonds. The van der Waals surface area contributed by atoms with Crippen LogP contribution in [0, 0.1) is 0 Å². The zero-order chi connectivity index (χ0) is 31.1. The van der Waals surface area contributed by atoms with Crippen LogP contribution in [0.4, 0.5) is 23.7 Å². The number of anilines is 1. The molecule has 13 heteroatoms. The standard InChI is InChI=1S/C32H35F3N8O2/c1-2-41-9-11-42(12-10-41)19-28-25(32(33,34)35)14-22(16-37-28)39-31(44)43-8-6-26-21(18-43)13-23(17-38-26)45-29-5-7-36-30-24(29)15-27(40-30)20-3-4-20/h5,7,13-17,20H,2-4,6,8-12,18-19H2,1H3,(H,36,40)(H,39,44). The van der Waals surface area contributed by atoms with E-state index in [1.54, 1.807) is 17.3 Å². The largest absolute Gasteiger partial charge is 0.455 e. The number of halogens is 3. The maximum atomic E-state index is 14.1. The Kier molecular flexibility index (Phi) is 7.82. The molecule has 2 N–H and O–H groups in total. The number of nitrogens with one attached hydrogen (secondary N) is 2. The van der Waals surface area contributed by atoms with Gasteiger partial charge >= 0.3 is 12.2 Å². The molecule has 2 fully saturated rings. The van der Waals surface area contributed by atoms with Gasteiger partial charge in [0.25, 0.3) is 0 Å². The number of hydrogen-bond acceptors (Lipinski definition) is 7. The fraction of sp³-hybridized carbons (Fsp3) is 0.438. The van der Waals surface area contributed by atoms with Crippen LogP contribution in [-0.2, 0) is 25.7 Å². The molecule has 0 atom stereocenters. The number of amides is 2. The Hall–Kier alpha value is -4.23. The summed E-state index contributed by atoms with van der Waals surface area (Å²) in [7, 11) is 0. The van der Waals surface area contributed by atoms with Crippen LogP contribution < -0.4 is 10.1 Å². The average molecular weight is 621 g/mol. The Morgan fingerprint density at radius 2 is 1.84 bits per heavy atom. The van der Waals surface area contributed by atoms with E-state index in [2.05, 4.69) is 43.1 Å². The van der Waals surface area contributed by atoms with Gasteiger partial charge in [0.05, 0.1) is 34.7 Å². The number of carbonyl (C=O) groups is 1. The number of piperazine rings is 1. The third-order valence-electron chi connectivity index (χ3n) is 8.87. The molecule has 0 spiro atoms. The van der Waals surface area contributed by atoms with E-state index in [1.807, 2.05) is 17.0 Å². The molecule has 0 aromatic carbocycles. The minimum Gasteiger partial charge on any atom is -0.455 e. The maximum Gasteiger partial charge on any atom is 0.418 e. The number of aromatic amines is 1. The number of aromatic nitrogens is 4. The number of urea groups is 1. The predicted molar refractivity (Wildman–Crippen MR) is 162 cm³/mol. The van der Waals surface area contributed by atoms with E-state index in [1.165, 1.54) is 19.0 Å². The van der Waals surface area contributed by atoms with Gasteiger partial charge in [-0.2, -0.15) is 13.2 Å². The number of H-pyrrole nitrogens is 1. The number of rotatable bonds is 7. The minimum absolute atomic E-state index is 0.00616. The van der Waals surface area contributed by atoms with Crippen molar-refractivity contribution in [2.45, 2.75) is 51.4 Å². The summed E-state index contributed by atoms with van der Waals surface area (Å²) in [4.78, 5) is 35.6. The van der Waals surface area contributed by atoms with Gasteiger partial charge in [0.1, 0.15) is 17.1 Å². The summed E-state index contributed by atoms with van der Waals surface area (Å²) in [6.45, 7) is 6.73. The average Bonchev–Trinajstić information content (AvgIpc) is 3.79. The number of carbonyl (C=O) groups excluding carboxylic acids is 1. The van der Waals surface area contributed by atoms with Crippen LogP contribution in [0.15, 0.2) is 42.9 Å². The van der Waals surface area contributed by atoms with Crippen LogP contribution in [0.3, 0.4) is 0 Å². The molecule has 3 aliphatic rings. The molecule has 0 radical (unpaired) electrons. The number of hydrogen-bond donors (Lipinski definition) is 2. The summed E-state index contributed by atoms with van der Waals surface area (Å²) >= 11 is 0. The Bertz CT molecular complexity index is 1710. The van der Waals surface area contributed by atoms with E-state index in [0.717, 1.165) is 53.7 Å². The number of ether oxygens (including phenoxy) is 1. The van der Waals surface area contributed by atoms with Crippen molar-refractivity contribution >= 4 is 22.8 Å². The Morgan fingerprint density at radius 3 is 2.60 bits per heavy atom. The Labute approximate surface area is 258 Å². The first-order valence-corrected chi connectivity index (χ1v) is 15.4. The maximum absolute atomic E-state index is 14.1. The summed E-state index contributed by atoms with van der Waals surface area (Å²) in [5, 5.41) is 3.53. The lowest BCUT2D eigenvalue weighted by Gasteiger charge is -2.34. The molecule has 2 aliphatic heterocycles. The molecule has 4 aromatic rings. The lowest BCUT2D eigenvalue weighted by Crippen LogP contribution is -2.45. The second kappa shape index (κ2) is 11.9. The zero-order valence-electron chi connectivity index (χ0n) is 25.0. The van der Waals surface area contributed by atoms with Crippen LogP contribution in [0.5, 0.6) is 11.5 Å². The fourth-order valence-electron chi connectivity index (χ4n) is 6.10. The van der Waals surface area contributed by atoms with Crippen molar-refractivity contribution in [1.82, 2.24) is 34.6 Å². The van der Waals surface area contributed by atoms with Gasteiger partial charge in [-0.3, -0.25) is 14.9 Å². The summed E-state index contributed by atoms with van der Waals surface area (Å²) in [6.07, 6.45) is 2.93. The molecule has 7 rings (SSSR count). The van der Waals surface area contributed by atoms with Crippen LogP contribution in [0.25, 0.3) is 11.0 Å². The van der Waals surface area contributed by atoms with Crippen molar-refractivity contribution in [3.05, 3.63) is 71.1 Å². The smallest absolute Gasteiger partial charge is 0.418 e. The van der Waals surface area contributed by atoms with Crippen molar-refractivity contribution in [3.63, 3.8) is 0 Å². The van der Waals surface area contributed by atoms with Gasteiger partial charge in [-0.1, -0.05) is 6.92 Å². The lowest BCUT2D eigenvalue weighted by atomic mass is 10.1. The molecular formula is C32H35F3N8O2. The number of fused-ring (bicyclic) bond motifs is 2. The van der Waals surface area contributed by atoms with Crippen LogP contribution in [-0.4, -0.2) is 79.9 Å². The van der Waals surface area contributed by atoms with E-state index in [0.29, 0.717) is 43.5 Å². The molecule has 6 heterocycles. The first-order valence-electron chi connectivity index (χ1n) is 15.4. The second-order valence-corrected chi connectivity index (χ2v) is 12.0. The summed E-state index contributed by atoms with van der Waals surface area (Å²) in [5.41, 5.74) is 2.75. The highest BCUT2D eigenvalue weighted by Gasteiger charge is 2.35. The van der Waals surface area contributed by atoms with Gasteiger partial charge in [-0.15, -0.1) is 0 Å². The summed E-state index contributed by atoms with van der Waals surface area (Å²) in [6, 6.07) is 6.25. The second-order valence-electron chi connectivity index (χ2n) is 12.0.